The highest BCUT2D eigenvalue weighted by molar-refractivity contribution is 7.92. The minimum atomic E-state index is -4.10. The Kier molecular flexibility index (Phi) is 8.53. The summed E-state index contributed by atoms with van der Waals surface area (Å²) in [6, 6.07) is 20.9. The fourth-order valence-electron chi connectivity index (χ4n) is 3.66. The standard InChI is InChI=1S/C26H28ClN3O4S/c1-19-8-7-9-21(16-19)17-29(20(2)26(32)28-3)25(31)18-30(23-10-5-4-6-11-23)35(33,34)24-14-12-22(27)13-15-24/h4-16,20H,17-18H2,1-3H3,(H,28,32). The number of carbonyl (C=O) groups excluding carboxylic acids is 2. The van der Waals surface area contributed by atoms with E-state index in [0.717, 1.165) is 15.4 Å². The zero-order chi connectivity index (χ0) is 25.6. The van der Waals surface area contributed by atoms with Crippen LogP contribution < -0.4 is 9.62 Å². The van der Waals surface area contributed by atoms with E-state index in [1.54, 1.807) is 37.3 Å². The summed E-state index contributed by atoms with van der Waals surface area (Å²) >= 11 is 5.94. The van der Waals surface area contributed by atoms with Gasteiger partial charge in [0.15, 0.2) is 0 Å². The summed E-state index contributed by atoms with van der Waals surface area (Å²) < 4.78 is 28.2. The van der Waals surface area contributed by atoms with Gasteiger partial charge in [-0.2, -0.15) is 0 Å². The fourth-order valence-corrected chi connectivity index (χ4v) is 5.20. The molecule has 9 heteroatoms. The first kappa shape index (κ1) is 26.2. The number of hydrogen-bond donors (Lipinski definition) is 1. The third-order valence-corrected chi connectivity index (χ3v) is 7.61. The van der Waals surface area contributed by atoms with E-state index >= 15 is 0 Å². The maximum atomic E-state index is 13.6. The lowest BCUT2D eigenvalue weighted by atomic mass is 10.1. The number of nitrogens with one attached hydrogen (secondary N) is 1. The van der Waals surface area contributed by atoms with Gasteiger partial charge in [0.05, 0.1) is 10.6 Å². The molecule has 0 saturated carbocycles. The fraction of sp³-hybridized carbons (Fsp3) is 0.231. The topological polar surface area (TPSA) is 86.8 Å². The van der Waals surface area contributed by atoms with E-state index < -0.39 is 28.5 Å². The molecule has 0 spiro atoms. The van der Waals surface area contributed by atoms with Crippen molar-refractivity contribution in [1.82, 2.24) is 10.2 Å². The maximum Gasteiger partial charge on any atom is 0.264 e. The van der Waals surface area contributed by atoms with Crippen molar-refractivity contribution in [3.63, 3.8) is 0 Å². The summed E-state index contributed by atoms with van der Waals surface area (Å²) in [5, 5.41) is 2.96. The predicted molar refractivity (Wildman–Crippen MR) is 138 cm³/mol. The van der Waals surface area contributed by atoms with Crippen molar-refractivity contribution in [2.24, 2.45) is 0 Å². The number of rotatable bonds is 9. The maximum absolute atomic E-state index is 13.6. The number of amides is 2. The molecule has 0 aliphatic carbocycles. The van der Waals surface area contributed by atoms with Crippen LogP contribution in [0.2, 0.25) is 5.02 Å². The number of aryl methyl sites for hydroxylation is 1. The van der Waals surface area contributed by atoms with E-state index in [9.17, 15) is 18.0 Å². The first-order valence-electron chi connectivity index (χ1n) is 11.0. The average Bonchev–Trinajstić information content (AvgIpc) is 2.85. The third kappa shape index (κ3) is 6.41. The van der Waals surface area contributed by atoms with Crippen molar-refractivity contribution in [3.05, 3.63) is 95.0 Å². The van der Waals surface area contributed by atoms with Gasteiger partial charge in [0.25, 0.3) is 10.0 Å². The Hall–Kier alpha value is -3.36. The number of carbonyl (C=O) groups is 2. The molecule has 184 valence electrons. The Balaban J connectivity index is 2.00. The van der Waals surface area contributed by atoms with Crippen molar-refractivity contribution in [2.75, 3.05) is 17.9 Å². The van der Waals surface area contributed by atoms with Gasteiger partial charge in [0, 0.05) is 18.6 Å². The van der Waals surface area contributed by atoms with Crippen LogP contribution in [0.25, 0.3) is 0 Å². The van der Waals surface area contributed by atoms with Crippen LogP contribution in [0.5, 0.6) is 0 Å². The normalized spacial score (nSPS) is 12.0. The number of halogens is 1. The quantitative estimate of drug-likeness (QED) is 0.468. The van der Waals surface area contributed by atoms with Gasteiger partial charge in [-0.3, -0.25) is 13.9 Å². The third-order valence-electron chi connectivity index (χ3n) is 5.57. The average molecular weight is 514 g/mol. The number of sulfonamides is 1. The molecule has 2 amide bonds. The largest absolute Gasteiger partial charge is 0.357 e. The molecule has 0 radical (unpaired) electrons. The SMILES string of the molecule is CNC(=O)C(C)N(Cc1cccc(C)c1)C(=O)CN(c1ccccc1)S(=O)(=O)c1ccc(Cl)cc1. The van der Waals surface area contributed by atoms with Crippen LogP contribution in [-0.4, -0.2) is 44.8 Å². The smallest absolute Gasteiger partial charge is 0.264 e. The van der Waals surface area contributed by atoms with E-state index in [-0.39, 0.29) is 17.3 Å². The van der Waals surface area contributed by atoms with Crippen molar-refractivity contribution >= 4 is 39.1 Å². The minimum absolute atomic E-state index is 0.00290. The number of para-hydroxylation sites is 1. The molecule has 1 atom stereocenters. The van der Waals surface area contributed by atoms with Crippen LogP contribution in [0.3, 0.4) is 0 Å². The zero-order valence-corrected chi connectivity index (χ0v) is 21.4. The first-order valence-corrected chi connectivity index (χ1v) is 12.8. The molecule has 7 nitrogen and oxygen atoms in total. The van der Waals surface area contributed by atoms with E-state index in [0.29, 0.717) is 10.7 Å². The van der Waals surface area contributed by atoms with E-state index in [1.165, 1.54) is 36.2 Å². The van der Waals surface area contributed by atoms with Gasteiger partial charge in [-0.25, -0.2) is 8.42 Å². The lowest BCUT2D eigenvalue weighted by Crippen LogP contribution is -2.50. The van der Waals surface area contributed by atoms with Gasteiger partial charge in [0.2, 0.25) is 11.8 Å². The second kappa shape index (κ2) is 11.4. The predicted octanol–water partition coefficient (Wildman–Crippen LogP) is 4.01. The highest BCUT2D eigenvalue weighted by Crippen LogP contribution is 2.25. The number of hydrogen-bond acceptors (Lipinski definition) is 4. The molecule has 0 fully saturated rings. The number of likely N-dealkylation sites (N-methyl/N-ethyl adjacent to an activating group) is 1. The van der Waals surface area contributed by atoms with Crippen molar-refractivity contribution < 1.29 is 18.0 Å². The van der Waals surface area contributed by atoms with Crippen LogP contribution in [0.15, 0.2) is 83.8 Å². The summed E-state index contributed by atoms with van der Waals surface area (Å²) in [4.78, 5) is 27.5. The van der Waals surface area contributed by atoms with E-state index in [2.05, 4.69) is 5.32 Å². The molecule has 3 rings (SSSR count). The molecule has 3 aromatic rings. The van der Waals surface area contributed by atoms with Crippen LogP contribution >= 0.6 is 11.6 Å². The summed E-state index contributed by atoms with van der Waals surface area (Å²) in [7, 11) is -2.61. The molecule has 0 bridgehead atoms. The Morgan fingerprint density at radius 1 is 0.971 bits per heavy atom. The summed E-state index contributed by atoms with van der Waals surface area (Å²) in [5.41, 5.74) is 2.18. The van der Waals surface area contributed by atoms with Crippen molar-refractivity contribution in [2.45, 2.75) is 31.3 Å². The van der Waals surface area contributed by atoms with Gasteiger partial charge in [-0.1, -0.05) is 59.6 Å². The van der Waals surface area contributed by atoms with E-state index in [1.807, 2.05) is 31.2 Å². The number of benzene rings is 3. The molecule has 3 aromatic carbocycles. The molecule has 0 saturated heterocycles. The van der Waals surface area contributed by atoms with Gasteiger partial charge >= 0.3 is 0 Å². The Bertz CT molecular complexity index is 1280. The van der Waals surface area contributed by atoms with Crippen molar-refractivity contribution in [1.29, 1.82) is 0 Å². The Labute approximate surface area is 211 Å². The van der Waals surface area contributed by atoms with Crippen molar-refractivity contribution in [3.8, 4) is 0 Å². The monoisotopic (exact) mass is 513 g/mol. The van der Waals surface area contributed by atoms with Gasteiger partial charge in [-0.05, 0) is 55.8 Å². The molecule has 1 N–H and O–H groups in total. The number of anilines is 1. The summed E-state index contributed by atoms with van der Waals surface area (Å²) in [5.74, 6) is -0.859. The highest BCUT2D eigenvalue weighted by atomic mass is 35.5. The molecule has 35 heavy (non-hydrogen) atoms. The molecule has 0 aliphatic rings. The molecule has 0 aliphatic heterocycles. The minimum Gasteiger partial charge on any atom is -0.357 e. The molecule has 1 unspecified atom stereocenters. The molecular weight excluding hydrogens is 486 g/mol. The van der Waals surface area contributed by atoms with Crippen LogP contribution in [0.1, 0.15) is 18.1 Å². The number of nitrogens with zero attached hydrogens (tertiary/aromatic N) is 2. The lowest BCUT2D eigenvalue weighted by molar-refractivity contribution is -0.139. The second-order valence-corrected chi connectivity index (χ2v) is 10.4. The Morgan fingerprint density at radius 2 is 1.63 bits per heavy atom. The zero-order valence-electron chi connectivity index (χ0n) is 19.8. The van der Waals surface area contributed by atoms with Gasteiger partial charge in [0.1, 0.15) is 12.6 Å². The molecular formula is C26H28ClN3O4S. The lowest BCUT2D eigenvalue weighted by Gasteiger charge is -2.31. The summed E-state index contributed by atoms with van der Waals surface area (Å²) in [6.45, 7) is 3.22. The van der Waals surface area contributed by atoms with Crippen LogP contribution in [0.4, 0.5) is 5.69 Å². The van der Waals surface area contributed by atoms with Crippen LogP contribution in [-0.2, 0) is 26.2 Å². The highest BCUT2D eigenvalue weighted by Gasteiger charge is 2.32. The van der Waals surface area contributed by atoms with Crippen LogP contribution in [0, 0.1) is 6.92 Å². The first-order chi connectivity index (χ1) is 16.6. The second-order valence-electron chi connectivity index (χ2n) is 8.10. The van der Waals surface area contributed by atoms with Gasteiger partial charge in [-0.15, -0.1) is 0 Å². The summed E-state index contributed by atoms with van der Waals surface area (Å²) in [6.07, 6.45) is 0. The molecule has 0 aromatic heterocycles. The molecule has 0 heterocycles. The van der Waals surface area contributed by atoms with Gasteiger partial charge < -0.3 is 10.2 Å². The Morgan fingerprint density at radius 3 is 2.23 bits per heavy atom. The van der Waals surface area contributed by atoms with E-state index in [4.69, 9.17) is 11.6 Å².